The number of esters is 1. The van der Waals surface area contributed by atoms with E-state index in [2.05, 4.69) is 20.7 Å². The Labute approximate surface area is 161 Å². The zero-order valence-electron chi connectivity index (χ0n) is 15.4. The summed E-state index contributed by atoms with van der Waals surface area (Å²) in [5.41, 5.74) is 2.27. The van der Waals surface area contributed by atoms with Crippen molar-refractivity contribution in [2.45, 2.75) is 19.5 Å². The number of carbonyl (C=O) groups excluding carboxylic acids is 2. The SMILES string of the molecule is COC(=O)C1CC=CCC1C(=O)Nc1cnn(Cn2nnc3ccccc32)c1. The van der Waals surface area contributed by atoms with Crippen molar-refractivity contribution in [2.75, 3.05) is 12.4 Å². The van der Waals surface area contributed by atoms with E-state index >= 15 is 0 Å². The first-order valence-corrected chi connectivity index (χ1v) is 9.00. The minimum absolute atomic E-state index is 0.217. The van der Waals surface area contributed by atoms with Gasteiger partial charge in [-0.05, 0) is 25.0 Å². The zero-order valence-corrected chi connectivity index (χ0v) is 15.4. The van der Waals surface area contributed by atoms with Crippen LogP contribution in [0.4, 0.5) is 5.69 Å². The number of aromatic nitrogens is 5. The Hall–Kier alpha value is -3.49. The first-order valence-electron chi connectivity index (χ1n) is 9.00. The molecule has 4 rings (SSSR count). The third-order valence-electron chi connectivity index (χ3n) is 4.87. The average Bonchev–Trinajstić information content (AvgIpc) is 3.35. The van der Waals surface area contributed by atoms with Gasteiger partial charge in [-0.25, -0.2) is 9.36 Å². The molecule has 1 aromatic carbocycles. The highest BCUT2D eigenvalue weighted by molar-refractivity contribution is 5.95. The Balaban J connectivity index is 1.45. The number of nitrogens with one attached hydrogen (secondary N) is 1. The van der Waals surface area contributed by atoms with Gasteiger partial charge in [0, 0.05) is 0 Å². The van der Waals surface area contributed by atoms with Gasteiger partial charge in [-0.3, -0.25) is 9.59 Å². The van der Waals surface area contributed by atoms with E-state index in [1.54, 1.807) is 21.8 Å². The summed E-state index contributed by atoms with van der Waals surface area (Å²) in [5.74, 6) is -1.50. The zero-order chi connectivity index (χ0) is 19.5. The summed E-state index contributed by atoms with van der Waals surface area (Å²) >= 11 is 0. The minimum Gasteiger partial charge on any atom is -0.469 e. The van der Waals surface area contributed by atoms with Crippen LogP contribution in [-0.2, 0) is 21.0 Å². The molecule has 0 saturated carbocycles. The fourth-order valence-corrected chi connectivity index (χ4v) is 3.42. The van der Waals surface area contributed by atoms with E-state index in [1.807, 2.05) is 36.4 Å². The molecule has 1 amide bonds. The highest BCUT2D eigenvalue weighted by Crippen LogP contribution is 2.28. The topological polar surface area (TPSA) is 104 Å². The van der Waals surface area contributed by atoms with Crippen LogP contribution in [0.1, 0.15) is 12.8 Å². The third-order valence-corrected chi connectivity index (χ3v) is 4.87. The molecule has 0 spiro atoms. The van der Waals surface area contributed by atoms with Crippen molar-refractivity contribution in [3.63, 3.8) is 0 Å². The van der Waals surface area contributed by atoms with E-state index in [-0.39, 0.29) is 11.9 Å². The van der Waals surface area contributed by atoms with Crippen molar-refractivity contribution >= 4 is 28.6 Å². The van der Waals surface area contributed by atoms with Crippen molar-refractivity contribution in [2.24, 2.45) is 11.8 Å². The molecule has 0 radical (unpaired) electrons. The molecule has 0 bridgehead atoms. The van der Waals surface area contributed by atoms with E-state index in [1.165, 1.54) is 7.11 Å². The summed E-state index contributed by atoms with van der Waals surface area (Å²) in [4.78, 5) is 24.6. The molecule has 2 unspecified atom stereocenters. The normalized spacial score (nSPS) is 18.9. The van der Waals surface area contributed by atoms with Crippen LogP contribution >= 0.6 is 0 Å². The van der Waals surface area contributed by atoms with Crippen LogP contribution in [0.3, 0.4) is 0 Å². The fourth-order valence-electron chi connectivity index (χ4n) is 3.42. The van der Waals surface area contributed by atoms with Gasteiger partial charge < -0.3 is 10.1 Å². The maximum atomic E-state index is 12.7. The molecule has 3 aromatic rings. The van der Waals surface area contributed by atoms with E-state index in [0.717, 1.165) is 11.0 Å². The number of carbonyl (C=O) groups is 2. The molecular weight excluding hydrogens is 360 g/mol. The molecule has 2 heterocycles. The molecule has 28 heavy (non-hydrogen) atoms. The molecule has 1 aliphatic carbocycles. The molecule has 9 nitrogen and oxygen atoms in total. The number of allylic oxidation sites excluding steroid dienone is 2. The monoisotopic (exact) mass is 380 g/mol. The maximum Gasteiger partial charge on any atom is 0.309 e. The summed E-state index contributed by atoms with van der Waals surface area (Å²) in [6.45, 7) is 0.368. The molecule has 1 N–H and O–H groups in total. The van der Waals surface area contributed by atoms with Gasteiger partial charge in [-0.15, -0.1) is 5.10 Å². The number of methoxy groups -OCH3 is 1. The summed E-state index contributed by atoms with van der Waals surface area (Å²) in [6.07, 6.45) is 8.13. The minimum atomic E-state index is -0.466. The van der Waals surface area contributed by atoms with Crippen LogP contribution in [0.5, 0.6) is 0 Å². The Morgan fingerprint density at radius 2 is 2.00 bits per heavy atom. The Kier molecular flexibility index (Phi) is 4.88. The van der Waals surface area contributed by atoms with Gasteiger partial charge in [0.2, 0.25) is 5.91 Å². The average molecular weight is 380 g/mol. The maximum absolute atomic E-state index is 12.7. The number of fused-ring (bicyclic) bond motifs is 1. The summed E-state index contributed by atoms with van der Waals surface area (Å²) in [6, 6.07) is 7.66. The fraction of sp³-hybridized carbons (Fsp3) is 0.316. The Morgan fingerprint density at radius 1 is 1.21 bits per heavy atom. The number of amides is 1. The molecule has 0 fully saturated rings. The van der Waals surface area contributed by atoms with Gasteiger partial charge in [-0.1, -0.05) is 29.5 Å². The van der Waals surface area contributed by atoms with Crippen LogP contribution in [0.25, 0.3) is 11.0 Å². The third kappa shape index (κ3) is 3.51. The molecular formula is C19H20N6O3. The number of ether oxygens (including phenoxy) is 1. The van der Waals surface area contributed by atoms with Crippen LogP contribution in [0, 0.1) is 11.8 Å². The van der Waals surface area contributed by atoms with E-state index in [0.29, 0.717) is 25.2 Å². The number of anilines is 1. The van der Waals surface area contributed by atoms with Gasteiger partial charge in [0.05, 0.1) is 42.5 Å². The number of benzene rings is 1. The molecule has 144 valence electrons. The summed E-state index contributed by atoms with van der Waals surface area (Å²) < 4.78 is 8.22. The van der Waals surface area contributed by atoms with Crippen molar-refractivity contribution < 1.29 is 14.3 Å². The van der Waals surface area contributed by atoms with Gasteiger partial charge in [0.25, 0.3) is 0 Å². The second-order valence-corrected chi connectivity index (χ2v) is 6.66. The van der Waals surface area contributed by atoms with Crippen molar-refractivity contribution in [1.29, 1.82) is 0 Å². The van der Waals surface area contributed by atoms with Crippen molar-refractivity contribution in [3.8, 4) is 0 Å². The molecule has 0 saturated heterocycles. The molecule has 2 atom stereocenters. The number of nitrogens with zero attached hydrogens (tertiary/aromatic N) is 5. The van der Waals surface area contributed by atoms with Gasteiger partial charge in [0.1, 0.15) is 12.2 Å². The molecule has 2 aromatic heterocycles. The Morgan fingerprint density at radius 3 is 2.82 bits per heavy atom. The van der Waals surface area contributed by atoms with Crippen LogP contribution < -0.4 is 5.32 Å². The summed E-state index contributed by atoms with van der Waals surface area (Å²) in [7, 11) is 1.34. The van der Waals surface area contributed by atoms with Crippen LogP contribution in [-0.4, -0.2) is 43.8 Å². The standard InChI is InChI=1S/C19H20N6O3/c1-28-19(27)15-7-3-2-6-14(15)18(26)21-13-10-20-24(11-13)12-25-17-9-5-4-8-16(17)22-23-25/h2-5,8-11,14-15H,6-7,12H2,1H3,(H,21,26). The molecule has 1 aliphatic rings. The highest BCUT2D eigenvalue weighted by Gasteiger charge is 2.34. The second kappa shape index (κ2) is 7.63. The second-order valence-electron chi connectivity index (χ2n) is 6.66. The van der Waals surface area contributed by atoms with Gasteiger partial charge in [0.15, 0.2) is 0 Å². The largest absolute Gasteiger partial charge is 0.469 e. The summed E-state index contributed by atoms with van der Waals surface area (Å²) in [5, 5.41) is 15.4. The predicted octanol–water partition coefficient (Wildman–Crippen LogP) is 1.83. The van der Waals surface area contributed by atoms with Crippen LogP contribution in [0.2, 0.25) is 0 Å². The number of rotatable bonds is 5. The Bertz CT molecular complexity index is 1040. The van der Waals surface area contributed by atoms with E-state index in [4.69, 9.17) is 4.74 Å². The lowest BCUT2D eigenvalue weighted by Gasteiger charge is -2.25. The highest BCUT2D eigenvalue weighted by atomic mass is 16.5. The first-order chi connectivity index (χ1) is 13.7. The number of para-hydroxylation sites is 1. The quantitative estimate of drug-likeness (QED) is 0.535. The lowest BCUT2D eigenvalue weighted by Crippen LogP contribution is -2.35. The van der Waals surface area contributed by atoms with E-state index < -0.39 is 11.8 Å². The molecule has 0 aliphatic heterocycles. The number of hydrogen-bond acceptors (Lipinski definition) is 6. The van der Waals surface area contributed by atoms with Crippen molar-refractivity contribution in [3.05, 3.63) is 48.8 Å². The lowest BCUT2D eigenvalue weighted by molar-refractivity contribution is -0.149. The van der Waals surface area contributed by atoms with Gasteiger partial charge in [-0.2, -0.15) is 5.10 Å². The smallest absolute Gasteiger partial charge is 0.309 e. The van der Waals surface area contributed by atoms with E-state index in [9.17, 15) is 9.59 Å². The van der Waals surface area contributed by atoms with Crippen LogP contribution in [0.15, 0.2) is 48.8 Å². The first kappa shape index (κ1) is 17.9. The lowest BCUT2D eigenvalue weighted by atomic mass is 9.82. The predicted molar refractivity (Wildman–Crippen MR) is 101 cm³/mol. The number of hydrogen-bond donors (Lipinski definition) is 1. The van der Waals surface area contributed by atoms with Gasteiger partial charge >= 0.3 is 5.97 Å². The molecule has 9 heteroatoms. The van der Waals surface area contributed by atoms with Crippen molar-refractivity contribution in [1.82, 2.24) is 24.8 Å².